The number of primary amides is 1. The lowest BCUT2D eigenvalue weighted by molar-refractivity contribution is 0.0909. The van der Waals surface area contributed by atoms with Crippen molar-refractivity contribution in [2.45, 2.75) is 71.4 Å². The van der Waals surface area contributed by atoms with Gasteiger partial charge in [-0.2, -0.15) is 5.10 Å². The molecule has 2 aliphatic carbocycles. The molecule has 8 heteroatoms. The van der Waals surface area contributed by atoms with Gasteiger partial charge in [0.25, 0.3) is 5.91 Å². The molecule has 0 radical (unpaired) electrons. The van der Waals surface area contributed by atoms with E-state index in [1.807, 2.05) is 20.8 Å². The zero-order valence-corrected chi connectivity index (χ0v) is 18.2. The van der Waals surface area contributed by atoms with E-state index in [0.29, 0.717) is 48.3 Å². The minimum absolute atomic E-state index is 0.0218. The number of nitrogens with two attached hydrogens (primary N) is 1. The summed E-state index contributed by atoms with van der Waals surface area (Å²) in [6, 6.07) is 2.38. The summed E-state index contributed by atoms with van der Waals surface area (Å²) in [6.07, 6.45) is 3.30. The van der Waals surface area contributed by atoms with E-state index in [0.717, 1.165) is 18.9 Å². The molecular formula is C23H29FN4O3. The third-order valence-corrected chi connectivity index (χ3v) is 6.35. The van der Waals surface area contributed by atoms with Crippen molar-refractivity contribution in [2.75, 3.05) is 5.32 Å². The average Bonchev–Trinajstić information content (AvgIpc) is 3.25. The zero-order chi connectivity index (χ0) is 22.5. The molecule has 1 aromatic heterocycles. The van der Waals surface area contributed by atoms with E-state index in [1.165, 1.54) is 10.7 Å². The Hall–Kier alpha value is -2.74. The Kier molecular flexibility index (Phi) is 5.37. The molecule has 2 aromatic rings. The number of aliphatic hydroxyl groups excluding tert-OH is 1. The third-order valence-electron chi connectivity index (χ3n) is 6.35. The summed E-state index contributed by atoms with van der Waals surface area (Å²) >= 11 is 0. The van der Waals surface area contributed by atoms with E-state index >= 15 is 4.39 Å². The van der Waals surface area contributed by atoms with Crippen LogP contribution in [0, 0.1) is 11.2 Å². The van der Waals surface area contributed by atoms with Gasteiger partial charge in [0.1, 0.15) is 11.5 Å². The number of carbonyl (C=O) groups excluding carboxylic acids is 2. The number of hydrogen-bond donors (Lipinski definition) is 3. The maximum absolute atomic E-state index is 15.2. The van der Waals surface area contributed by atoms with Crippen molar-refractivity contribution >= 4 is 17.4 Å². The Bertz CT molecular complexity index is 1060. The van der Waals surface area contributed by atoms with Gasteiger partial charge in [-0.25, -0.2) is 9.07 Å². The summed E-state index contributed by atoms with van der Waals surface area (Å²) in [4.78, 5) is 24.8. The number of nitrogens with zero attached hydrogens (tertiary/aromatic N) is 2. The van der Waals surface area contributed by atoms with Crippen molar-refractivity contribution in [1.29, 1.82) is 0 Å². The zero-order valence-electron chi connectivity index (χ0n) is 18.2. The number of hydrogen-bond acceptors (Lipinski definition) is 5. The Balaban J connectivity index is 1.86. The predicted molar refractivity (Wildman–Crippen MR) is 115 cm³/mol. The summed E-state index contributed by atoms with van der Waals surface area (Å²) in [5.74, 6) is -1.38. The fourth-order valence-electron chi connectivity index (χ4n) is 4.83. The van der Waals surface area contributed by atoms with Crippen LogP contribution in [0.3, 0.4) is 0 Å². The van der Waals surface area contributed by atoms with Gasteiger partial charge >= 0.3 is 0 Å². The molecule has 1 saturated carbocycles. The quantitative estimate of drug-likeness (QED) is 0.678. The first-order valence-corrected chi connectivity index (χ1v) is 10.8. The molecule has 0 aliphatic heterocycles. The number of nitrogens with one attached hydrogen (secondary N) is 1. The van der Waals surface area contributed by atoms with Crippen LogP contribution in [0.5, 0.6) is 0 Å². The van der Waals surface area contributed by atoms with Gasteiger partial charge in [-0.15, -0.1) is 0 Å². The van der Waals surface area contributed by atoms with Gasteiger partial charge < -0.3 is 16.2 Å². The number of aryl methyl sites for hydroxylation is 1. The summed E-state index contributed by atoms with van der Waals surface area (Å²) in [5.41, 5.74) is 7.70. The molecule has 0 bridgehead atoms. The van der Waals surface area contributed by atoms with Crippen LogP contribution in [0.1, 0.15) is 78.6 Å². The number of fused-ring (bicyclic) bond motifs is 1. The first-order valence-electron chi connectivity index (χ1n) is 10.8. The normalized spacial score (nSPS) is 22.4. The second-order valence-corrected chi connectivity index (χ2v) is 9.44. The van der Waals surface area contributed by atoms with Gasteiger partial charge in [-0.05, 0) is 49.7 Å². The second kappa shape index (κ2) is 7.75. The number of halogens is 1. The van der Waals surface area contributed by atoms with Crippen LogP contribution in [-0.2, 0) is 12.8 Å². The lowest BCUT2D eigenvalue weighted by atomic mass is 9.75. The Morgan fingerprint density at radius 1 is 1.35 bits per heavy atom. The molecule has 0 unspecified atom stereocenters. The van der Waals surface area contributed by atoms with Crippen molar-refractivity contribution in [1.82, 2.24) is 9.78 Å². The van der Waals surface area contributed by atoms with Crippen molar-refractivity contribution < 1.29 is 19.1 Å². The van der Waals surface area contributed by atoms with Crippen molar-refractivity contribution in [2.24, 2.45) is 11.1 Å². The number of Topliss-reactive ketones (excluding diaryl/α,β-unsaturated/α-hetero) is 1. The first-order chi connectivity index (χ1) is 14.6. The molecule has 4 N–H and O–H groups in total. The first kappa shape index (κ1) is 21.5. The predicted octanol–water partition coefficient (Wildman–Crippen LogP) is 3.15. The molecule has 0 spiro atoms. The fraction of sp³-hybridized carbons (Fsp3) is 0.522. The highest BCUT2D eigenvalue weighted by atomic mass is 19.1. The third kappa shape index (κ3) is 3.84. The summed E-state index contributed by atoms with van der Waals surface area (Å²) < 4.78 is 16.7. The standard InChI is InChI=1S/C23H29FN4O3/c1-4-14-21-18(10-23(2,3)11-20(21)30)28(27-14)17-9-16(12(22(25)31)8-13(17)24)26-15-6-5-7-19(15)29/h8-9,15,19,26,29H,4-7,10-11H2,1-3H3,(H2,25,31)/t15-,19-/m0/s1. The number of rotatable bonds is 5. The summed E-state index contributed by atoms with van der Waals surface area (Å²) in [7, 11) is 0. The SMILES string of the molecule is CCc1nn(-c2cc(N[C@H]3CCC[C@@H]3O)c(C(N)=O)cc2F)c2c1C(=O)CC(C)(C)C2. The molecule has 0 saturated heterocycles. The van der Waals surface area contributed by atoms with Crippen LogP contribution >= 0.6 is 0 Å². The van der Waals surface area contributed by atoms with Crippen LogP contribution in [0.15, 0.2) is 12.1 Å². The van der Waals surface area contributed by atoms with E-state index in [9.17, 15) is 14.7 Å². The van der Waals surface area contributed by atoms with Crippen LogP contribution in [-0.4, -0.2) is 38.7 Å². The highest BCUT2D eigenvalue weighted by Crippen LogP contribution is 2.38. The highest BCUT2D eigenvalue weighted by molar-refractivity contribution is 6.00. The number of ketones is 1. The molecule has 1 amide bonds. The Morgan fingerprint density at radius 2 is 2.10 bits per heavy atom. The monoisotopic (exact) mass is 428 g/mol. The molecular weight excluding hydrogens is 399 g/mol. The minimum atomic E-state index is -0.756. The molecule has 166 valence electrons. The van der Waals surface area contributed by atoms with Crippen LogP contribution in [0.2, 0.25) is 0 Å². The highest BCUT2D eigenvalue weighted by Gasteiger charge is 2.37. The van der Waals surface area contributed by atoms with Crippen LogP contribution in [0.4, 0.5) is 10.1 Å². The summed E-state index contributed by atoms with van der Waals surface area (Å²) in [5, 5.41) is 18.0. The maximum atomic E-state index is 15.2. The largest absolute Gasteiger partial charge is 0.391 e. The molecule has 31 heavy (non-hydrogen) atoms. The molecule has 2 atom stereocenters. The fourth-order valence-corrected chi connectivity index (χ4v) is 4.83. The van der Waals surface area contributed by atoms with Crippen molar-refractivity contribution in [3.63, 3.8) is 0 Å². The summed E-state index contributed by atoms with van der Waals surface area (Å²) in [6.45, 7) is 5.94. The van der Waals surface area contributed by atoms with Crippen LogP contribution < -0.4 is 11.1 Å². The van der Waals surface area contributed by atoms with Gasteiger partial charge in [-0.1, -0.05) is 20.8 Å². The molecule has 1 heterocycles. The van der Waals surface area contributed by atoms with Gasteiger partial charge in [0.15, 0.2) is 5.78 Å². The number of anilines is 1. The van der Waals surface area contributed by atoms with E-state index in [4.69, 9.17) is 5.73 Å². The Morgan fingerprint density at radius 3 is 2.71 bits per heavy atom. The number of aliphatic hydroxyl groups is 1. The van der Waals surface area contributed by atoms with Gasteiger partial charge in [-0.3, -0.25) is 9.59 Å². The maximum Gasteiger partial charge on any atom is 0.250 e. The number of carbonyl (C=O) groups is 2. The van der Waals surface area contributed by atoms with Gasteiger partial charge in [0, 0.05) is 12.1 Å². The van der Waals surface area contributed by atoms with Gasteiger partial charge in [0.05, 0.1) is 34.7 Å². The van der Waals surface area contributed by atoms with E-state index in [1.54, 1.807) is 0 Å². The van der Waals surface area contributed by atoms with E-state index < -0.39 is 17.8 Å². The molecule has 2 aliphatic rings. The topological polar surface area (TPSA) is 110 Å². The minimum Gasteiger partial charge on any atom is -0.391 e. The second-order valence-electron chi connectivity index (χ2n) is 9.44. The molecule has 7 nitrogen and oxygen atoms in total. The lowest BCUT2D eigenvalue weighted by Gasteiger charge is -2.29. The van der Waals surface area contributed by atoms with Crippen LogP contribution in [0.25, 0.3) is 5.69 Å². The van der Waals surface area contributed by atoms with E-state index in [2.05, 4.69) is 10.4 Å². The molecule has 1 fully saturated rings. The van der Waals surface area contributed by atoms with Gasteiger partial charge in [0.2, 0.25) is 0 Å². The molecule has 1 aromatic carbocycles. The smallest absolute Gasteiger partial charge is 0.250 e. The average molecular weight is 429 g/mol. The number of amides is 1. The van der Waals surface area contributed by atoms with E-state index in [-0.39, 0.29) is 28.5 Å². The van der Waals surface area contributed by atoms with Crippen molar-refractivity contribution in [3.8, 4) is 5.69 Å². The number of aromatic nitrogens is 2. The molecule has 4 rings (SSSR count). The number of benzene rings is 1. The van der Waals surface area contributed by atoms with Crippen molar-refractivity contribution in [3.05, 3.63) is 40.5 Å². The Labute approximate surface area is 180 Å². The lowest BCUT2D eigenvalue weighted by Crippen LogP contribution is -2.30.